The van der Waals surface area contributed by atoms with Crippen LogP contribution >= 0.6 is 0 Å². The summed E-state index contributed by atoms with van der Waals surface area (Å²) in [6, 6.07) is 0.159. The number of hydrogen-bond acceptors (Lipinski definition) is 4. The Kier molecular flexibility index (Phi) is 4.73. The summed E-state index contributed by atoms with van der Waals surface area (Å²) in [5.41, 5.74) is 0. The lowest BCUT2D eigenvalue weighted by Crippen LogP contribution is -2.39. The smallest absolute Gasteiger partial charge is 0.310 e. The number of hydrogen-bond donors (Lipinski definition) is 1. The Morgan fingerprint density at radius 1 is 1.50 bits per heavy atom. The van der Waals surface area contributed by atoms with Crippen molar-refractivity contribution in [3.05, 3.63) is 0 Å². The first-order chi connectivity index (χ1) is 7.52. The molecule has 0 aromatic heterocycles. The molecule has 92 valence electrons. The van der Waals surface area contributed by atoms with E-state index in [0.717, 1.165) is 13.0 Å². The van der Waals surface area contributed by atoms with Crippen LogP contribution in [0.1, 0.15) is 20.3 Å². The third-order valence-electron chi connectivity index (χ3n) is 2.62. The van der Waals surface area contributed by atoms with E-state index in [1.165, 1.54) is 7.11 Å². The zero-order chi connectivity index (χ0) is 12.1. The van der Waals surface area contributed by atoms with Crippen LogP contribution < -0.4 is 5.32 Å². The predicted octanol–water partition coefficient (Wildman–Crippen LogP) is 0.00590. The first-order valence-corrected chi connectivity index (χ1v) is 5.62. The molecule has 1 N–H and O–H groups in total. The van der Waals surface area contributed by atoms with E-state index < -0.39 is 0 Å². The number of likely N-dealkylation sites (tertiary alicyclic amines) is 1. The Bertz CT molecular complexity index is 266. The summed E-state index contributed by atoms with van der Waals surface area (Å²) >= 11 is 0. The molecule has 0 aliphatic carbocycles. The number of nitrogens with zero attached hydrogens (tertiary/aromatic N) is 1. The Labute approximate surface area is 96.1 Å². The Hall–Kier alpha value is -1.10. The summed E-state index contributed by atoms with van der Waals surface area (Å²) in [5, 5.41) is 2.83. The van der Waals surface area contributed by atoms with Gasteiger partial charge in [-0.1, -0.05) is 0 Å². The molecule has 1 saturated heterocycles. The first kappa shape index (κ1) is 13.0. The number of rotatable bonds is 4. The molecular formula is C11H20N2O3. The molecule has 0 radical (unpaired) electrons. The van der Waals surface area contributed by atoms with E-state index in [-0.39, 0.29) is 23.8 Å². The normalized spacial score (nSPS) is 21.1. The van der Waals surface area contributed by atoms with Crippen molar-refractivity contribution in [2.45, 2.75) is 26.3 Å². The van der Waals surface area contributed by atoms with Gasteiger partial charge in [0.15, 0.2) is 0 Å². The highest BCUT2D eigenvalue weighted by atomic mass is 16.5. The van der Waals surface area contributed by atoms with E-state index in [9.17, 15) is 9.59 Å². The molecule has 1 fully saturated rings. The summed E-state index contributed by atoms with van der Waals surface area (Å²) in [6.45, 7) is 5.63. The fourth-order valence-corrected chi connectivity index (χ4v) is 1.91. The molecule has 1 amide bonds. The molecule has 16 heavy (non-hydrogen) atoms. The van der Waals surface area contributed by atoms with Crippen molar-refractivity contribution in [2.75, 3.05) is 26.7 Å². The highest BCUT2D eigenvalue weighted by Crippen LogP contribution is 2.16. The predicted molar refractivity (Wildman–Crippen MR) is 59.8 cm³/mol. The molecule has 0 aromatic carbocycles. The third-order valence-corrected chi connectivity index (χ3v) is 2.62. The van der Waals surface area contributed by atoms with Gasteiger partial charge in [-0.05, 0) is 26.8 Å². The van der Waals surface area contributed by atoms with Crippen LogP contribution in [-0.4, -0.2) is 49.6 Å². The topological polar surface area (TPSA) is 58.6 Å². The van der Waals surface area contributed by atoms with Gasteiger partial charge < -0.3 is 10.1 Å². The maximum atomic E-state index is 11.5. The minimum atomic E-state index is -0.174. The van der Waals surface area contributed by atoms with Gasteiger partial charge in [-0.25, -0.2) is 0 Å². The molecule has 0 bridgehead atoms. The first-order valence-electron chi connectivity index (χ1n) is 5.62. The van der Waals surface area contributed by atoms with Crippen molar-refractivity contribution < 1.29 is 14.3 Å². The molecule has 0 aromatic rings. The highest BCUT2D eigenvalue weighted by molar-refractivity contribution is 5.78. The summed E-state index contributed by atoms with van der Waals surface area (Å²) in [7, 11) is 1.40. The van der Waals surface area contributed by atoms with E-state index in [1.807, 2.05) is 18.7 Å². The lowest BCUT2D eigenvalue weighted by molar-refractivity contribution is -0.145. The second kappa shape index (κ2) is 5.84. The van der Waals surface area contributed by atoms with Gasteiger partial charge in [0.25, 0.3) is 0 Å². The number of amides is 1. The van der Waals surface area contributed by atoms with Crippen LogP contribution in [0.3, 0.4) is 0 Å². The van der Waals surface area contributed by atoms with Gasteiger partial charge in [-0.2, -0.15) is 0 Å². The molecular weight excluding hydrogens is 208 g/mol. The van der Waals surface area contributed by atoms with Crippen molar-refractivity contribution in [3.8, 4) is 0 Å². The van der Waals surface area contributed by atoms with Gasteiger partial charge >= 0.3 is 5.97 Å². The highest BCUT2D eigenvalue weighted by Gasteiger charge is 2.29. The monoisotopic (exact) mass is 228 g/mol. The second-order valence-corrected chi connectivity index (χ2v) is 4.47. The lowest BCUT2D eigenvalue weighted by atomic mass is 10.1. The number of ether oxygens (including phenoxy) is 1. The number of esters is 1. The molecule has 1 unspecified atom stereocenters. The standard InChI is InChI=1S/C11H20N2O3/c1-8(2)12-10(14)7-13-5-4-9(6-13)11(15)16-3/h8-9H,4-7H2,1-3H3,(H,12,14). The van der Waals surface area contributed by atoms with E-state index in [0.29, 0.717) is 13.1 Å². The fraction of sp³-hybridized carbons (Fsp3) is 0.818. The SMILES string of the molecule is COC(=O)C1CCN(CC(=O)NC(C)C)C1. The Morgan fingerprint density at radius 3 is 2.75 bits per heavy atom. The summed E-state index contributed by atoms with van der Waals surface area (Å²) < 4.78 is 4.69. The second-order valence-electron chi connectivity index (χ2n) is 4.47. The maximum absolute atomic E-state index is 11.5. The van der Waals surface area contributed by atoms with Gasteiger partial charge in [0.2, 0.25) is 5.91 Å². The fourth-order valence-electron chi connectivity index (χ4n) is 1.91. The average molecular weight is 228 g/mol. The van der Waals surface area contributed by atoms with Gasteiger partial charge in [-0.15, -0.1) is 0 Å². The van der Waals surface area contributed by atoms with E-state index in [2.05, 4.69) is 10.1 Å². The summed E-state index contributed by atoms with van der Waals surface area (Å²) in [4.78, 5) is 24.7. The molecule has 1 aliphatic rings. The lowest BCUT2D eigenvalue weighted by Gasteiger charge is -2.16. The molecule has 5 nitrogen and oxygen atoms in total. The largest absolute Gasteiger partial charge is 0.469 e. The van der Waals surface area contributed by atoms with E-state index >= 15 is 0 Å². The maximum Gasteiger partial charge on any atom is 0.310 e. The molecule has 1 heterocycles. The molecule has 1 aliphatic heterocycles. The van der Waals surface area contributed by atoms with E-state index in [1.54, 1.807) is 0 Å². The van der Waals surface area contributed by atoms with Crippen molar-refractivity contribution in [1.82, 2.24) is 10.2 Å². The van der Waals surface area contributed by atoms with E-state index in [4.69, 9.17) is 0 Å². The van der Waals surface area contributed by atoms with Crippen molar-refractivity contribution in [1.29, 1.82) is 0 Å². The zero-order valence-corrected chi connectivity index (χ0v) is 10.2. The number of carbonyl (C=O) groups is 2. The van der Waals surface area contributed by atoms with Crippen LogP contribution in [0.25, 0.3) is 0 Å². The Balaban J connectivity index is 2.31. The van der Waals surface area contributed by atoms with Crippen molar-refractivity contribution in [3.63, 3.8) is 0 Å². The molecule has 5 heteroatoms. The minimum Gasteiger partial charge on any atom is -0.469 e. The van der Waals surface area contributed by atoms with Crippen LogP contribution in [0.2, 0.25) is 0 Å². The molecule has 0 saturated carbocycles. The average Bonchev–Trinajstić information content (AvgIpc) is 2.63. The third kappa shape index (κ3) is 3.81. The number of methoxy groups -OCH3 is 1. The minimum absolute atomic E-state index is 0.0144. The Morgan fingerprint density at radius 2 is 2.19 bits per heavy atom. The van der Waals surface area contributed by atoms with Gasteiger partial charge in [0.1, 0.15) is 0 Å². The summed E-state index contributed by atoms with van der Waals surface area (Å²) in [5.74, 6) is -0.232. The van der Waals surface area contributed by atoms with Crippen LogP contribution in [0.15, 0.2) is 0 Å². The van der Waals surface area contributed by atoms with Crippen LogP contribution in [-0.2, 0) is 14.3 Å². The summed E-state index contributed by atoms with van der Waals surface area (Å²) in [6.07, 6.45) is 0.779. The molecule has 1 atom stereocenters. The zero-order valence-electron chi connectivity index (χ0n) is 10.2. The van der Waals surface area contributed by atoms with Gasteiger partial charge in [-0.3, -0.25) is 14.5 Å². The van der Waals surface area contributed by atoms with Gasteiger partial charge in [0.05, 0.1) is 19.6 Å². The van der Waals surface area contributed by atoms with Crippen molar-refractivity contribution >= 4 is 11.9 Å². The van der Waals surface area contributed by atoms with Crippen molar-refractivity contribution in [2.24, 2.45) is 5.92 Å². The van der Waals surface area contributed by atoms with Crippen LogP contribution in [0.5, 0.6) is 0 Å². The number of nitrogens with one attached hydrogen (secondary N) is 1. The van der Waals surface area contributed by atoms with Crippen LogP contribution in [0, 0.1) is 5.92 Å². The van der Waals surface area contributed by atoms with Gasteiger partial charge in [0, 0.05) is 12.6 Å². The molecule has 1 rings (SSSR count). The number of carbonyl (C=O) groups excluding carboxylic acids is 2. The molecule has 0 spiro atoms. The van der Waals surface area contributed by atoms with Crippen LogP contribution in [0.4, 0.5) is 0 Å². The quantitative estimate of drug-likeness (QED) is 0.688.